The van der Waals surface area contributed by atoms with Crippen LogP contribution in [0.25, 0.3) is 86.5 Å². The van der Waals surface area contributed by atoms with Crippen LogP contribution in [0.4, 0.5) is 17.1 Å². The third-order valence-corrected chi connectivity index (χ3v) is 12.3. The molecule has 0 amide bonds. The minimum Gasteiger partial charge on any atom is -0.309 e. The van der Waals surface area contributed by atoms with E-state index in [2.05, 4.69) is 196 Å². The molecular formula is C54H41N. The molecule has 0 saturated carbocycles. The summed E-state index contributed by atoms with van der Waals surface area (Å²) in [5.74, 6) is 0.889. The fourth-order valence-corrected chi connectivity index (χ4v) is 9.67. The molecule has 55 heavy (non-hydrogen) atoms. The van der Waals surface area contributed by atoms with Gasteiger partial charge in [-0.1, -0.05) is 161 Å². The van der Waals surface area contributed by atoms with Crippen molar-refractivity contribution in [1.82, 2.24) is 0 Å². The zero-order chi connectivity index (χ0) is 36.9. The van der Waals surface area contributed by atoms with Gasteiger partial charge in [-0.15, -0.1) is 0 Å². The van der Waals surface area contributed by atoms with Crippen molar-refractivity contribution in [2.45, 2.75) is 39.5 Å². The molecule has 0 N–H and O–H groups in total. The van der Waals surface area contributed by atoms with E-state index in [-0.39, 0.29) is 0 Å². The number of hydrogen-bond acceptors (Lipinski definition) is 1. The summed E-state index contributed by atoms with van der Waals surface area (Å²) in [7, 11) is 0. The Hall–Kier alpha value is -6.44. The van der Waals surface area contributed by atoms with Gasteiger partial charge >= 0.3 is 0 Å². The molecule has 1 heteroatoms. The van der Waals surface area contributed by atoms with E-state index in [0.717, 1.165) is 11.4 Å². The standard InChI is InChI=1S/C54H41N/c1-32(2)34-23-27-38(28-24-34)55(39-29-25-35(26-30-39)33(3)4)54-47-31-46-41-18-9-8-17-40(41)42-19-12-22-45(50(42)46)51(47)49(37-13-6-5-7-14-37)52-43-20-10-15-36-16-11-21-44(48(36)43)53(52)54/h5-33H,1-4H3. The van der Waals surface area contributed by atoms with Gasteiger partial charge in [-0.05, 0) is 118 Å². The molecule has 0 aliphatic carbocycles. The molecule has 0 aliphatic heterocycles. The van der Waals surface area contributed by atoms with Gasteiger partial charge < -0.3 is 4.90 Å². The predicted octanol–water partition coefficient (Wildman–Crippen LogP) is 16.0. The molecule has 0 saturated heterocycles. The first-order chi connectivity index (χ1) is 27.0. The number of nitrogens with zero attached hydrogens (tertiary/aromatic N) is 1. The highest BCUT2D eigenvalue weighted by atomic mass is 15.1. The molecule has 11 aromatic rings. The van der Waals surface area contributed by atoms with Crippen LogP contribution >= 0.6 is 0 Å². The Labute approximate surface area is 321 Å². The Morgan fingerprint density at radius 2 is 0.836 bits per heavy atom. The predicted molar refractivity (Wildman–Crippen MR) is 240 cm³/mol. The van der Waals surface area contributed by atoms with Crippen LogP contribution in [0.15, 0.2) is 164 Å². The van der Waals surface area contributed by atoms with E-state index in [1.165, 1.54) is 103 Å². The zero-order valence-corrected chi connectivity index (χ0v) is 31.7. The van der Waals surface area contributed by atoms with Crippen molar-refractivity contribution in [3.8, 4) is 11.1 Å². The zero-order valence-electron chi connectivity index (χ0n) is 31.7. The SMILES string of the molecule is CC(C)c1ccc(N(c2ccc(C(C)C)cc2)c2c3cc4c5ccccc5c5cccc(c3c(-c3ccccc3)c3c6cccc7cccc(c23)c76)c54)cc1. The van der Waals surface area contributed by atoms with E-state index in [1.54, 1.807) is 0 Å². The molecule has 0 aromatic heterocycles. The minimum absolute atomic E-state index is 0.444. The smallest absolute Gasteiger partial charge is 0.0625 e. The summed E-state index contributed by atoms with van der Waals surface area (Å²) in [6, 6.07) is 62.0. The lowest BCUT2D eigenvalue weighted by Crippen LogP contribution is -2.12. The second kappa shape index (κ2) is 12.0. The Balaban J connectivity index is 1.44. The number of hydrogen-bond donors (Lipinski definition) is 0. The fourth-order valence-electron chi connectivity index (χ4n) is 9.67. The molecular weight excluding hydrogens is 663 g/mol. The summed E-state index contributed by atoms with van der Waals surface area (Å²) in [6.07, 6.45) is 0. The van der Waals surface area contributed by atoms with Gasteiger partial charge in [0.25, 0.3) is 0 Å². The molecule has 1 nitrogen and oxygen atoms in total. The van der Waals surface area contributed by atoms with Crippen LogP contribution in [-0.2, 0) is 0 Å². The molecule has 0 radical (unpaired) electrons. The Morgan fingerprint density at radius 3 is 1.44 bits per heavy atom. The highest BCUT2D eigenvalue weighted by Crippen LogP contribution is 2.56. The lowest BCUT2D eigenvalue weighted by atomic mass is 9.86. The van der Waals surface area contributed by atoms with Gasteiger partial charge in [-0.25, -0.2) is 0 Å². The van der Waals surface area contributed by atoms with E-state index in [1.807, 2.05) is 0 Å². The lowest BCUT2D eigenvalue weighted by molar-refractivity contribution is 0.866. The number of rotatable bonds is 6. The topological polar surface area (TPSA) is 3.24 Å². The number of benzene rings is 9. The van der Waals surface area contributed by atoms with E-state index < -0.39 is 0 Å². The number of anilines is 3. The highest BCUT2D eigenvalue weighted by Gasteiger charge is 2.29. The van der Waals surface area contributed by atoms with Crippen molar-refractivity contribution >= 4 is 92.5 Å². The first-order valence-electron chi connectivity index (χ1n) is 19.7. The van der Waals surface area contributed by atoms with Crippen LogP contribution < -0.4 is 4.90 Å². The monoisotopic (exact) mass is 703 g/mol. The van der Waals surface area contributed by atoms with E-state index >= 15 is 0 Å². The van der Waals surface area contributed by atoms with Crippen molar-refractivity contribution in [1.29, 1.82) is 0 Å². The van der Waals surface area contributed by atoms with Crippen molar-refractivity contribution in [2.75, 3.05) is 4.90 Å². The molecule has 262 valence electrons. The molecule has 0 spiro atoms. The first kappa shape index (κ1) is 32.0. The summed E-state index contributed by atoms with van der Waals surface area (Å²) in [5.41, 5.74) is 8.78. The average Bonchev–Trinajstić information content (AvgIpc) is 3.73. The van der Waals surface area contributed by atoms with E-state index in [4.69, 9.17) is 0 Å². The Morgan fingerprint density at radius 1 is 0.345 bits per heavy atom. The molecule has 0 heterocycles. The Bertz CT molecular complexity index is 3170. The maximum Gasteiger partial charge on any atom is 0.0625 e. The lowest BCUT2D eigenvalue weighted by Gasteiger charge is -2.30. The van der Waals surface area contributed by atoms with Crippen molar-refractivity contribution < 1.29 is 0 Å². The molecule has 0 bridgehead atoms. The third kappa shape index (κ3) is 4.60. The summed E-state index contributed by atoms with van der Waals surface area (Å²) >= 11 is 0. The maximum absolute atomic E-state index is 2.57. The summed E-state index contributed by atoms with van der Waals surface area (Å²) in [4.78, 5) is 2.57. The highest BCUT2D eigenvalue weighted by molar-refractivity contribution is 6.45. The second-order valence-electron chi connectivity index (χ2n) is 16.0. The molecule has 11 rings (SSSR count). The summed E-state index contributed by atoms with van der Waals surface area (Å²) < 4.78 is 0. The fraction of sp³-hybridized carbons (Fsp3) is 0.111. The van der Waals surface area contributed by atoms with Crippen LogP contribution in [0.1, 0.15) is 50.7 Å². The van der Waals surface area contributed by atoms with Gasteiger partial charge in [-0.2, -0.15) is 0 Å². The van der Waals surface area contributed by atoms with Crippen molar-refractivity contribution in [3.63, 3.8) is 0 Å². The van der Waals surface area contributed by atoms with E-state index in [0.29, 0.717) is 11.8 Å². The molecule has 11 aromatic carbocycles. The summed E-state index contributed by atoms with van der Waals surface area (Å²) in [5, 5.41) is 18.3. The Kier molecular flexibility index (Phi) is 7.01. The van der Waals surface area contributed by atoms with Crippen LogP contribution in [0.3, 0.4) is 0 Å². The van der Waals surface area contributed by atoms with Crippen LogP contribution in [-0.4, -0.2) is 0 Å². The molecule has 0 fully saturated rings. The third-order valence-electron chi connectivity index (χ3n) is 12.3. The summed E-state index contributed by atoms with van der Waals surface area (Å²) in [6.45, 7) is 9.10. The van der Waals surface area contributed by atoms with Gasteiger partial charge in [-0.3, -0.25) is 0 Å². The molecule has 0 unspecified atom stereocenters. The quantitative estimate of drug-likeness (QED) is 0.156. The minimum atomic E-state index is 0.444. The van der Waals surface area contributed by atoms with Gasteiger partial charge in [0, 0.05) is 32.9 Å². The van der Waals surface area contributed by atoms with Crippen molar-refractivity contribution in [2.24, 2.45) is 0 Å². The molecule has 0 aliphatic rings. The van der Waals surface area contributed by atoms with Crippen LogP contribution in [0.5, 0.6) is 0 Å². The maximum atomic E-state index is 2.57. The van der Waals surface area contributed by atoms with Crippen LogP contribution in [0, 0.1) is 0 Å². The first-order valence-corrected chi connectivity index (χ1v) is 19.7. The normalized spacial score (nSPS) is 12.3. The van der Waals surface area contributed by atoms with Gasteiger partial charge in [0.1, 0.15) is 0 Å². The average molecular weight is 704 g/mol. The largest absolute Gasteiger partial charge is 0.309 e. The van der Waals surface area contributed by atoms with E-state index in [9.17, 15) is 0 Å². The van der Waals surface area contributed by atoms with Gasteiger partial charge in [0.15, 0.2) is 0 Å². The van der Waals surface area contributed by atoms with Gasteiger partial charge in [0.05, 0.1) is 5.69 Å². The van der Waals surface area contributed by atoms with Gasteiger partial charge in [0.2, 0.25) is 0 Å². The number of fused-ring (bicyclic) bond motifs is 8. The second-order valence-corrected chi connectivity index (χ2v) is 16.0. The molecule has 0 atom stereocenters. The van der Waals surface area contributed by atoms with Crippen LogP contribution in [0.2, 0.25) is 0 Å². The van der Waals surface area contributed by atoms with Crippen molar-refractivity contribution in [3.05, 3.63) is 175 Å².